The Morgan fingerprint density at radius 1 is 1.17 bits per heavy atom. The van der Waals surface area contributed by atoms with Gasteiger partial charge in [-0.15, -0.1) is 0 Å². The van der Waals surface area contributed by atoms with Crippen molar-refractivity contribution >= 4 is 11.1 Å². The van der Waals surface area contributed by atoms with Gasteiger partial charge in [0.1, 0.15) is 0 Å². The van der Waals surface area contributed by atoms with E-state index in [-0.39, 0.29) is 0 Å². The summed E-state index contributed by atoms with van der Waals surface area (Å²) in [6.07, 6.45) is 5.86. The second-order valence-electron chi connectivity index (χ2n) is 4.71. The Kier molecular flexibility index (Phi) is 4.91. The number of hydrogen-bond acceptors (Lipinski definition) is 0. The highest BCUT2D eigenvalue weighted by molar-refractivity contribution is 5.74. The molecule has 0 aliphatic heterocycles. The first-order chi connectivity index (χ1) is 8.47. The van der Waals surface area contributed by atoms with Crippen LogP contribution in [-0.2, 0) is 0 Å². The SMILES string of the molecule is C=C/C=C\C(C)=C(/C)c1cc(C(=C)C)ccc1C. The molecule has 1 rings (SSSR count). The lowest BCUT2D eigenvalue weighted by Crippen LogP contribution is -1.91. The Morgan fingerprint density at radius 2 is 1.83 bits per heavy atom. The van der Waals surface area contributed by atoms with Crippen molar-refractivity contribution in [3.63, 3.8) is 0 Å². The highest BCUT2D eigenvalue weighted by Gasteiger charge is 2.04. The van der Waals surface area contributed by atoms with Crippen LogP contribution in [-0.4, -0.2) is 0 Å². The van der Waals surface area contributed by atoms with Gasteiger partial charge in [0.05, 0.1) is 0 Å². The number of aryl methyl sites for hydroxylation is 1. The second kappa shape index (κ2) is 6.20. The minimum Gasteiger partial charge on any atom is -0.0991 e. The Hall–Kier alpha value is -1.82. The van der Waals surface area contributed by atoms with E-state index in [9.17, 15) is 0 Å². The van der Waals surface area contributed by atoms with Crippen LogP contribution in [0.25, 0.3) is 11.1 Å². The summed E-state index contributed by atoms with van der Waals surface area (Å²) < 4.78 is 0. The number of hydrogen-bond donors (Lipinski definition) is 0. The third-order valence-corrected chi connectivity index (χ3v) is 3.21. The van der Waals surface area contributed by atoms with Gasteiger partial charge < -0.3 is 0 Å². The van der Waals surface area contributed by atoms with E-state index in [0.29, 0.717) is 0 Å². The molecule has 0 saturated carbocycles. The summed E-state index contributed by atoms with van der Waals surface area (Å²) >= 11 is 0. The van der Waals surface area contributed by atoms with Gasteiger partial charge in [0.25, 0.3) is 0 Å². The zero-order valence-corrected chi connectivity index (χ0v) is 11.9. The molecule has 0 heteroatoms. The Labute approximate surface area is 111 Å². The quantitative estimate of drug-likeness (QED) is 0.602. The molecule has 0 unspecified atom stereocenters. The lowest BCUT2D eigenvalue weighted by Gasteiger charge is -2.11. The van der Waals surface area contributed by atoms with E-state index in [1.165, 1.54) is 27.8 Å². The lowest BCUT2D eigenvalue weighted by atomic mass is 9.94. The largest absolute Gasteiger partial charge is 0.0991 e. The monoisotopic (exact) mass is 238 g/mol. The zero-order chi connectivity index (χ0) is 13.7. The Balaban J connectivity index is 3.31. The third-order valence-electron chi connectivity index (χ3n) is 3.21. The van der Waals surface area contributed by atoms with Gasteiger partial charge in [-0.2, -0.15) is 0 Å². The molecule has 0 fully saturated rings. The van der Waals surface area contributed by atoms with Crippen molar-refractivity contribution in [2.75, 3.05) is 0 Å². The summed E-state index contributed by atoms with van der Waals surface area (Å²) in [5, 5.41) is 0. The predicted molar refractivity (Wildman–Crippen MR) is 83.5 cm³/mol. The van der Waals surface area contributed by atoms with E-state index in [0.717, 1.165) is 5.57 Å². The molecule has 0 aliphatic rings. The van der Waals surface area contributed by atoms with Crippen molar-refractivity contribution in [1.82, 2.24) is 0 Å². The molecule has 0 heterocycles. The fraction of sp³-hybridized carbons (Fsp3) is 0.222. The maximum atomic E-state index is 4.01. The molecule has 0 atom stereocenters. The van der Waals surface area contributed by atoms with Crippen LogP contribution in [0.3, 0.4) is 0 Å². The molecule has 0 bridgehead atoms. The molecule has 0 amide bonds. The van der Waals surface area contributed by atoms with Crippen molar-refractivity contribution in [2.24, 2.45) is 0 Å². The van der Waals surface area contributed by atoms with E-state index in [2.05, 4.69) is 58.2 Å². The standard InChI is InChI=1S/C18H22/c1-7-8-9-14(4)16(6)18-12-17(13(2)3)11-10-15(18)5/h7-12H,1-2H2,3-6H3/b9-8-,16-14+. The van der Waals surface area contributed by atoms with Gasteiger partial charge >= 0.3 is 0 Å². The van der Waals surface area contributed by atoms with Crippen molar-refractivity contribution in [3.05, 3.63) is 71.8 Å². The smallest absolute Gasteiger partial charge is 0.0189 e. The average Bonchev–Trinajstić information content (AvgIpc) is 2.35. The first kappa shape index (κ1) is 14.2. The fourth-order valence-corrected chi connectivity index (χ4v) is 1.84. The van der Waals surface area contributed by atoms with Gasteiger partial charge in [0.2, 0.25) is 0 Å². The Morgan fingerprint density at radius 3 is 2.39 bits per heavy atom. The average molecular weight is 238 g/mol. The van der Waals surface area contributed by atoms with Crippen LogP contribution in [0.4, 0.5) is 0 Å². The van der Waals surface area contributed by atoms with Crippen molar-refractivity contribution < 1.29 is 0 Å². The molecule has 0 aliphatic carbocycles. The molecule has 94 valence electrons. The predicted octanol–water partition coefficient (Wildman–Crippen LogP) is 5.56. The number of rotatable bonds is 4. The molecule has 1 aromatic rings. The summed E-state index contributed by atoms with van der Waals surface area (Å²) in [7, 11) is 0. The third kappa shape index (κ3) is 3.33. The molecule has 0 saturated heterocycles. The normalized spacial score (nSPS) is 12.4. The van der Waals surface area contributed by atoms with Crippen LogP contribution >= 0.6 is 0 Å². The molecule has 0 aromatic heterocycles. The van der Waals surface area contributed by atoms with Gasteiger partial charge in [-0.25, -0.2) is 0 Å². The summed E-state index contributed by atoms with van der Waals surface area (Å²) in [6, 6.07) is 6.51. The summed E-state index contributed by atoms with van der Waals surface area (Å²) in [6.45, 7) is 16.2. The molecule has 1 aromatic carbocycles. The minimum atomic E-state index is 1.10. The molecular formula is C18H22. The first-order valence-electron chi connectivity index (χ1n) is 6.21. The fourth-order valence-electron chi connectivity index (χ4n) is 1.84. The maximum absolute atomic E-state index is 4.01. The molecule has 18 heavy (non-hydrogen) atoms. The lowest BCUT2D eigenvalue weighted by molar-refractivity contribution is 1.36. The van der Waals surface area contributed by atoms with Crippen molar-refractivity contribution in [1.29, 1.82) is 0 Å². The highest BCUT2D eigenvalue weighted by atomic mass is 14.1. The van der Waals surface area contributed by atoms with Gasteiger partial charge in [-0.05, 0) is 61.6 Å². The molecular weight excluding hydrogens is 216 g/mol. The van der Waals surface area contributed by atoms with Gasteiger partial charge in [0, 0.05) is 0 Å². The van der Waals surface area contributed by atoms with Gasteiger partial charge in [0.15, 0.2) is 0 Å². The summed E-state index contributed by atoms with van der Waals surface area (Å²) in [5.74, 6) is 0. The summed E-state index contributed by atoms with van der Waals surface area (Å²) in [5.41, 5.74) is 7.45. The van der Waals surface area contributed by atoms with Crippen molar-refractivity contribution in [2.45, 2.75) is 27.7 Å². The molecule has 0 N–H and O–H groups in total. The van der Waals surface area contributed by atoms with Crippen LogP contribution in [0.15, 0.2) is 55.2 Å². The van der Waals surface area contributed by atoms with E-state index in [1.807, 2.05) is 13.0 Å². The van der Waals surface area contributed by atoms with Crippen LogP contribution in [0.1, 0.15) is 37.5 Å². The van der Waals surface area contributed by atoms with Crippen LogP contribution in [0.5, 0.6) is 0 Å². The number of benzene rings is 1. The highest BCUT2D eigenvalue weighted by Crippen LogP contribution is 2.25. The molecule has 0 nitrogen and oxygen atoms in total. The second-order valence-corrected chi connectivity index (χ2v) is 4.71. The molecule has 0 spiro atoms. The zero-order valence-electron chi connectivity index (χ0n) is 11.9. The van der Waals surface area contributed by atoms with Crippen molar-refractivity contribution in [3.8, 4) is 0 Å². The van der Waals surface area contributed by atoms with Gasteiger partial charge in [-0.3, -0.25) is 0 Å². The van der Waals surface area contributed by atoms with Crippen LogP contribution in [0.2, 0.25) is 0 Å². The van der Waals surface area contributed by atoms with Crippen LogP contribution < -0.4 is 0 Å². The molecule has 0 radical (unpaired) electrons. The Bertz CT molecular complexity index is 525. The van der Waals surface area contributed by atoms with E-state index in [4.69, 9.17) is 0 Å². The van der Waals surface area contributed by atoms with E-state index < -0.39 is 0 Å². The number of allylic oxidation sites excluding steroid dienone is 6. The van der Waals surface area contributed by atoms with E-state index >= 15 is 0 Å². The van der Waals surface area contributed by atoms with E-state index in [1.54, 1.807) is 6.08 Å². The topological polar surface area (TPSA) is 0 Å². The minimum absolute atomic E-state index is 1.10. The first-order valence-corrected chi connectivity index (χ1v) is 6.21. The van der Waals surface area contributed by atoms with Crippen LogP contribution in [0, 0.1) is 6.92 Å². The van der Waals surface area contributed by atoms with Gasteiger partial charge in [-0.1, -0.05) is 49.1 Å². The maximum Gasteiger partial charge on any atom is -0.0189 e. The summed E-state index contributed by atoms with van der Waals surface area (Å²) in [4.78, 5) is 0.